The zero-order chi connectivity index (χ0) is 39.9. The van der Waals surface area contributed by atoms with Crippen LogP contribution >= 0.6 is 0 Å². The van der Waals surface area contributed by atoms with Gasteiger partial charge >= 0.3 is 0 Å². The number of methoxy groups -OCH3 is 1. The third kappa shape index (κ3) is 10.1. The molecule has 3 aromatic carbocycles. The number of unbranched alkanes of at least 4 members (excludes halogenated alkanes) is 1. The number of carbonyl (C=O) groups is 2. The van der Waals surface area contributed by atoms with Crippen molar-refractivity contribution in [3.63, 3.8) is 0 Å². The van der Waals surface area contributed by atoms with Crippen LogP contribution in [0.1, 0.15) is 106 Å². The van der Waals surface area contributed by atoms with Crippen molar-refractivity contribution >= 4 is 22.3 Å². The van der Waals surface area contributed by atoms with Crippen molar-refractivity contribution in [1.82, 2.24) is 10.6 Å². The second-order valence-corrected chi connectivity index (χ2v) is 16.8. The maximum Gasteiger partial charge on any atom is 0.160 e. The summed E-state index contributed by atoms with van der Waals surface area (Å²) < 4.78 is 5.45. The molecule has 57 heavy (non-hydrogen) atoms. The van der Waals surface area contributed by atoms with Crippen molar-refractivity contribution in [3.05, 3.63) is 94.8 Å². The number of aliphatic hydroxyl groups excluding tert-OH is 2. The summed E-state index contributed by atoms with van der Waals surface area (Å²) in [4.78, 5) is 25.6. The number of carbonyl (C=O) groups excluding carboxylic acids is 2. The minimum atomic E-state index is -0.875. The Kier molecular flexibility index (Phi) is 13.4. The van der Waals surface area contributed by atoms with Gasteiger partial charge in [-0.25, -0.2) is 0 Å². The van der Waals surface area contributed by atoms with Crippen molar-refractivity contribution in [3.8, 4) is 23.3 Å². The molecule has 8 unspecified atom stereocenters. The molecule has 1 saturated heterocycles. The van der Waals surface area contributed by atoms with E-state index in [2.05, 4.69) is 58.9 Å². The molecule has 2 aliphatic carbocycles. The number of aryl methyl sites for hydroxylation is 1. The number of nitrogens with two attached hydrogens (primary N) is 1. The summed E-state index contributed by atoms with van der Waals surface area (Å²) in [5.41, 5.74) is 10.1. The molecule has 0 amide bonds. The normalized spacial score (nSPS) is 25.1. The SMILES string of the molecule is COc1cc2c(cc1O)C(CCC(O)CC(C1=CCNC(N)=C1)c1ccc3ccccc3c1)C#CC(C(O)CCCCC1CNC3CC(=O)CCC3C1)C(=O)CC2. The zero-order valence-corrected chi connectivity index (χ0v) is 33.2. The van der Waals surface area contributed by atoms with Crippen molar-refractivity contribution in [1.29, 1.82) is 0 Å². The van der Waals surface area contributed by atoms with E-state index >= 15 is 0 Å². The molecular weight excluding hydrogens is 715 g/mol. The van der Waals surface area contributed by atoms with Crippen LogP contribution in [-0.4, -0.2) is 65.3 Å². The number of allylic oxidation sites excluding steroid dienone is 2. The van der Waals surface area contributed by atoms with Gasteiger partial charge in [0.15, 0.2) is 17.3 Å². The number of phenolic OH excluding ortho intramolecular Hbond substituents is 1. The number of ketones is 2. The minimum Gasteiger partial charge on any atom is -0.504 e. The number of hydrogen-bond donors (Lipinski definition) is 6. The topological polar surface area (TPSA) is 154 Å². The highest BCUT2D eigenvalue weighted by Crippen LogP contribution is 2.39. The van der Waals surface area contributed by atoms with Gasteiger partial charge in [-0.3, -0.25) is 9.59 Å². The Hall–Kier alpha value is -4.62. The van der Waals surface area contributed by atoms with Crippen molar-refractivity contribution in [2.45, 2.75) is 114 Å². The molecule has 8 atom stereocenters. The molecule has 0 spiro atoms. The summed E-state index contributed by atoms with van der Waals surface area (Å²) >= 11 is 0. The highest BCUT2D eigenvalue weighted by atomic mass is 16.5. The molecule has 7 rings (SSSR count). The number of Topliss-reactive ketones (excluding diaryl/α,β-unsaturated/α-hetero) is 2. The number of hydrogen-bond acceptors (Lipinski definition) is 9. The van der Waals surface area contributed by atoms with E-state index in [1.807, 2.05) is 18.2 Å². The summed E-state index contributed by atoms with van der Waals surface area (Å²) in [5.74, 6) is 7.71. The lowest BCUT2D eigenvalue weighted by Gasteiger charge is -2.39. The van der Waals surface area contributed by atoms with Crippen LogP contribution in [0.25, 0.3) is 10.8 Å². The molecule has 9 nitrogen and oxygen atoms in total. The van der Waals surface area contributed by atoms with Crippen LogP contribution in [-0.2, 0) is 16.0 Å². The quantitative estimate of drug-likeness (QED) is 0.0778. The van der Waals surface area contributed by atoms with Gasteiger partial charge in [0.1, 0.15) is 11.7 Å². The van der Waals surface area contributed by atoms with Crippen LogP contribution in [0.5, 0.6) is 11.5 Å². The summed E-state index contributed by atoms with van der Waals surface area (Å²) in [7, 11) is 1.51. The molecule has 0 bridgehead atoms. The molecule has 9 heteroatoms. The maximum atomic E-state index is 13.7. The molecule has 0 radical (unpaired) electrons. The van der Waals surface area contributed by atoms with Gasteiger partial charge in [-0.2, -0.15) is 0 Å². The van der Waals surface area contributed by atoms with Gasteiger partial charge in [0.2, 0.25) is 0 Å². The molecule has 4 aliphatic rings. The number of aliphatic hydroxyl groups is 2. The van der Waals surface area contributed by atoms with Crippen LogP contribution in [0, 0.1) is 29.6 Å². The highest BCUT2D eigenvalue weighted by molar-refractivity contribution is 5.85. The van der Waals surface area contributed by atoms with Crippen LogP contribution in [0.2, 0.25) is 0 Å². The van der Waals surface area contributed by atoms with E-state index < -0.39 is 18.1 Å². The van der Waals surface area contributed by atoms with E-state index in [0.29, 0.717) is 86.7 Å². The first-order valence-electron chi connectivity index (χ1n) is 21.1. The smallest absolute Gasteiger partial charge is 0.160 e. The molecule has 3 aromatic rings. The van der Waals surface area contributed by atoms with Gasteiger partial charge < -0.3 is 36.4 Å². The largest absolute Gasteiger partial charge is 0.504 e. The van der Waals surface area contributed by atoms with E-state index in [-0.39, 0.29) is 29.8 Å². The Bertz CT molecular complexity index is 2050. The number of dihydropyridines is 1. The van der Waals surface area contributed by atoms with Gasteiger partial charge in [-0.1, -0.05) is 73.2 Å². The Morgan fingerprint density at radius 3 is 2.63 bits per heavy atom. The maximum absolute atomic E-state index is 13.7. The number of phenols is 1. The first kappa shape index (κ1) is 40.6. The standard InChI is InChI=1S/C48H59N3O6/c1-57-47-24-35-15-19-45(55)40(44(54)9-5-2-6-30-22-37-13-17-39(53)27-43(37)51-29-30)18-14-32(42(35)28-46(47)56)12-16-38(52)26-41(36-20-21-50-48(49)25-36)34-11-10-31-7-3-4-8-33(31)23-34/h3-4,7-8,10-11,20,23-25,28,30,32,37-38,40-41,43-44,50-52,54,56H,2,5-6,9,12-13,15-17,19,21-22,26-27,29,49H2,1H3. The third-order valence-electron chi connectivity index (χ3n) is 12.9. The second-order valence-electron chi connectivity index (χ2n) is 16.8. The third-order valence-corrected chi connectivity index (χ3v) is 12.9. The van der Waals surface area contributed by atoms with Crippen LogP contribution in [0.3, 0.4) is 0 Å². The van der Waals surface area contributed by atoms with E-state index in [9.17, 15) is 24.9 Å². The van der Waals surface area contributed by atoms with E-state index in [4.69, 9.17) is 10.5 Å². The summed E-state index contributed by atoms with van der Waals surface area (Å²) in [6.07, 6.45) is 11.4. The van der Waals surface area contributed by atoms with E-state index in [0.717, 1.165) is 71.7 Å². The van der Waals surface area contributed by atoms with Gasteiger partial charge in [0, 0.05) is 43.7 Å². The number of rotatable bonds is 14. The first-order chi connectivity index (χ1) is 27.6. The number of fused-ring (bicyclic) bond motifs is 3. The second kappa shape index (κ2) is 18.8. The highest BCUT2D eigenvalue weighted by Gasteiger charge is 2.35. The first-order valence-corrected chi connectivity index (χ1v) is 21.1. The molecular formula is C48H59N3O6. The summed E-state index contributed by atoms with van der Waals surface area (Å²) in [6, 6.07) is 18.5. The lowest BCUT2D eigenvalue weighted by Crippen LogP contribution is -2.48. The number of benzene rings is 3. The van der Waals surface area contributed by atoms with Crippen molar-refractivity contribution in [2.75, 3.05) is 20.2 Å². The number of aromatic hydroxyl groups is 1. The monoisotopic (exact) mass is 773 g/mol. The molecule has 1 saturated carbocycles. The fourth-order valence-corrected chi connectivity index (χ4v) is 9.67. The van der Waals surface area contributed by atoms with Crippen molar-refractivity contribution in [2.24, 2.45) is 23.5 Å². The Morgan fingerprint density at radius 1 is 0.965 bits per heavy atom. The molecule has 2 heterocycles. The molecule has 2 aliphatic heterocycles. The minimum absolute atomic E-state index is 0.00464. The van der Waals surface area contributed by atoms with Crippen LogP contribution in [0.4, 0.5) is 0 Å². The summed E-state index contributed by atoms with van der Waals surface area (Å²) in [5, 5.41) is 43.1. The van der Waals surface area contributed by atoms with Gasteiger partial charge in [0.05, 0.1) is 25.1 Å². The lowest BCUT2D eigenvalue weighted by atomic mass is 9.74. The number of nitrogens with one attached hydrogen (secondary N) is 2. The average molecular weight is 774 g/mol. The van der Waals surface area contributed by atoms with Crippen LogP contribution in [0.15, 0.2) is 78.1 Å². The van der Waals surface area contributed by atoms with E-state index in [1.165, 1.54) is 7.11 Å². The average Bonchev–Trinajstić information content (AvgIpc) is 3.27. The van der Waals surface area contributed by atoms with Gasteiger partial charge in [0.25, 0.3) is 0 Å². The molecule has 7 N–H and O–H groups in total. The Morgan fingerprint density at radius 2 is 1.81 bits per heavy atom. The van der Waals surface area contributed by atoms with E-state index in [1.54, 1.807) is 12.1 Å². The summed E-state index contributed by atoms with van der Waals surface area (Å²) in [6.45, 7) is 1.56. The Balaban J connectivity index is 1.04. The van der Waals surface area contributed by atoms with Crippen molar-refractivity contribution < 1.29 is 29.6 Å². The predicted molar refractivity (Wildman–Crippen MR) is 224 cm³/mol. The molecule has 0 aromatic heterocycles. The van der Waals surface area contributed by atoms with Crippen LogP contribution < -0.4 is 21.1 Å². The van der Waals surface area contributed by atoms with Gasteiger partial charge in [-0.15, -0.1) is 0 Å². The fourth-order valence-electron chi connectivity index (χ4n) is 9.67. The fraction of sp³-hybridized carbons (Fsp3) is 0.500. The predicted octanol–water partition coefficient (Wildman–Crippen LogP) is 6.69. The number of piperidine rings is 1. The zero-order valence-electron chi connectivity index (χ0n) is 33.2. The number of ether oxygens (including phenoxy) is 1. The Labute approximate surface area is 337 Å². The lowest BCUT2D eigenvalue weighted by molar-refractivity contribution is -0.124. The molecule has 2 fully saturated rings. The molecule has 302 valence electrons. The van der Waals surface area contributed by atoms with Gasteiger partial charge in [-0.05, 0) is 121 Å².